The van der Waals surface area contributed by atoms with E-state index in [0.717, 1.165) is 22.2 Å². The minimum Gasteiger partial charge on any atom is -0.351 e. The Hall–Kier alpha value is -3.41. The smallest absolute Gasteiger partial charge is 0.316 e. The van der Waals surface area contributed by atoms with Gasteiger partial charge in [0, 0.05) is 22.5 Å². The Bertz CT molecular complexity index is 982. The summed E-state index contributed by atoms with van der Waals surface area (Å²) < 4.78 is 0. The van der Waals surface area contributed by atoms with Crippen LogP contribution in [-0.2, 0) is 0 Å². The first kappa shape index (κ1) is 16.4. The normalized spacial score (nSPS) is 10.5. The van der Waals surface area contributed by atoms with Crippen molar-refractivity contribution in [3.05, 3.63) is 65.4 Å². The largest absolute Gasteiger partial charge is 0.351 e. The van der Waals surface area contributed by atoms with Crippen molar-refractivity contribution in [2.75, 3.05) is 10.6 Å². The van der Waals surface area contributed by atoms with Gasteiger partial charge in [0.2, 0.25) is 0 Å². The Morgan fingerprint density at radius 2 is 1.68 bits per heavy atom. The van der Waals surface area contributed by atoms with E-state index in [9.17, 15) is 9.59 Å². The number of primary amides is 1. The van der Waals surface area contributed by atoms with E-state index in [2.05, 4.69) is 15.6 Å². The van der Waals surface area contributed by atoms with Crippen LogP contribution in [0.15, 0.2) is 48.5 Å². The molecular formula is C19H18N4O2. The van der Waals surface area contributed by atoms with Crippen molar-refractivity contribution in [2.45, 2.75) is 13.8 Å². The highest BCUT2D eigenvalue weighted by atomic mass is 16.2. The molecule has 0 unspecified atom stereocenters. The number of nitrogens with two attached hydrogens (primary N) is 1. The number of aromatic nitrogens is 1. The summed E-state index contributed by atoms with van der Waals surface area (Å²) >= 11 is 0. The molecule has 0 saturated heterocycles. The summed E-state index contributed by atoms with van der Waals surface area (Å²) in [7, 11) is 0. The van der Waals surface area contributed by atoms with Crippen molar-refractivity contribution in [3.8, 4) is 0 Å². The number of carbonyl (C=O) groups excluding carboxylic acids is 2. The minimum atomic E-state index is -0.658. The highest BCUT2D eigenvalue weighted by Gasteiger charge is 2.13. The topological polar surface area (TPSA) is 97.1 Å². The molecule has 3 amide bonds. The van der Waals surface area contributed by atoms with E-state index in [0.29, 0.717) is 16.9 Å². The van der Waals surface area contributed by atoms with Crippen molar-refractivity contribution >= 4 is 34.2 Å². The third-order valence-corrected chi connectivity index (χ3v) is 3.72. The predicted molar refractivity (Wildman–Crippen MR) is 98.8 cm³/mol. The molecule has 0 atom stereocenters. The molecule has 4 N–H and O–H groups in total. The molecule has 0 aliphatic heterocycles. The predicted octanol–water partition coefficient (Wildman–Crippen LogP) is 3.59. The summed E-state index contributed by atoms with van der Waals surface area (Å²) in [6.45, 7) is 3.83. The lowest BCUT2D eigenvalue weighted by Crippen LogP contribution is -2.19. The highest BCUT2D eigenvalue weighted by molar-refractivity contribution is 6.12. The number of nitrogens with zero attached hydrogens (tertiary/aromatic N) is 1. The summed E-state index contributed by atoms with van der Waals surface area (Å²) in [6.07, 6.45) is 0. The molecule has 3 aromatic rings. The molecule has 25 heavy (non-hydrogen) atoms. The Balaban J connectivity index is 1.95. The van der Waals surface area contributed by atoms with Gasteiger partial charge in [0.15, 0.2) is 0 Å². The molecular weight excluding hydrogens is 316 g/mol. The molecule has 0 aliphatic carbocycles. The van der Waals surface area contributed by atoms with Crippen LogP contribution in [0.5, 0.6) is 0 Å². The van der Waals surface area contributed by atoms with Gasteiger partial charge in [0.25, 0.3) is 5.91 Å². The van der Waals surface area contributed by atoms with Crippen LogP contribution in [0.1, 0.15) is 21.6 Å². The van der Waals surface area contributed by atoms with Crippen molar-refractivity contribution < 1.29 is 9.59 Å². The Morgan fingerprint density at radius 1 is 0.960 bits per heavy atom. The van der Waals surface area contributed by atoms with E-state index in [1.54, 1.807) is 30.3 Å². The second-order valence-electron chi connectivity index (χ2n) is 5.86. The monoisotopic (exact) mass is 334 g/mol. The average Bonchev–Trinajstić information content (AvgIpc) is 2.54. The van der Waals surface area contributed by atoms with Crippen molar-refractivity contribution in [1.82, 2.24) is 4.98 Å². The molecule has 1 aromatic heterocycles. The van der Waals surface area contributed by atoms with Crippen LogP contribution in [0.4, 0.5) is 16.2 Å². The Kier molecular flexibility index (Phi) is 4.35. The fourth-order valence-corrected chi connectivity index (χ4v) is 2.68. The van der Waals surface area contributed by atoms with Crippen molar-refractivity contribution in [2.24, 2.45) is 5.73 Å². The number of aryl methyl sites for hydroxylation is 2. The number of amides is 3. The van der Waals surface area contributed by atoms with Crippen molar-refractivity contribution in [3.63, 3.8) is 0 Å². The van der Waals surface area contributed by atoms with Gasteiger partial charge in [-0.2, -0.15) is 0 Å². The number of hydrogen-bond acceptors (Lipinski definition) is 3. The summed E-state index contributed by atoms with van der Waals surface area (Å²) in [5, 5.41) is 6.13. The van der Waals surface area contributed by atoms with Gasteiger partial charge in [-0.1, -0.05) is 17.7 Å². The van der Waals surface area contributed by atoms with Crippen LogP contribution < -0.4 is 16.4 Å². The maximum atomic E-state index is 12.8. The lowest BCUT2D eigenvalue weighted by atomic mass is 10.0. The van der Waals surface area contributed by atoms with E-state index < -0.39 is 6.03 Å². The summed E-state index contributed by atoms with van der Waals surface area (Å²) in [6, 6.07) is 13.7. The Labute approximate surface area is 145 Å². The molecule has 0 bridgehead atoms. The first-order chi connectivity index (χ1) is 11.9. The standard InChI is InChI=1S/C19H18N4O2/c1-11-6-7-17-15(8-11)16(9-12(2)21-17)18(24)22-13-4-3-5-14(10-13)23-19(20)25/h3-10H,1-2H3,(H,22,24)(H3,20,23,25). The Morgan fingerprint density at radius 3 is 2.40 bits per heavy atom. The lowest BCUT2D eigenvalue weighted by molar-refractivity contribution is 0.102. The molecule has 6 nitrogen and oxygen atoms in total. The highest BCUT2D eigenvalue weighted by Crippen LogP contribution is 2.22. The fourth-order valence-electron chi connectivity index (χ4n) is 2.68. The maximum absolute atomic E-state index is 12.8. The van der Waals surface area contributed by atoms with Gasteiger partial charge in [-0.25, -0.2) is 4.79 Å². The minimum absolute atomic E-state index is 0.239. The first-order valence-corrected chi connectivity index (χ1v) is 7.78. The maximum Gasteiger partial charge on any atom is 0.316 e. The molecule has 3 rings (SSSR count). The van der Waals surface area contributed by atoms with Gasteiger partial charge >= 0.3 is 6.03 Å². The number of hydrogen-bond donors (Lipinski definition) is 3. The van der Waals surface area contributed by atoms with Gasteiger partial charge in [0.05, 0.1) is 11.1 Å². The van der Waals surface area contributed by atoms with Crippen LogP contribution in [0.2, 0.25) is 0 Å². The quantitative estimate of drug-likeness (QED) is 0.682. The van der Waals surface area contributed by atoms with Crippen LogP contribution in [0.25, 0.3) is 10.9 Å². The molecule has 126 valence electrons. The van der Waals surface area contributed by atoms with Crippen molar-refractivity contribution in [1.29, 1.82) is 0 Å². The summed E-state index contributed by atoms with van der Waals surface area (Å²) in [5.41, 5.74) is 9.35. The van der Waals surface area contributed by atoms with E-state index in [-0.39, 0.29) is 5.91 Å². The molecule has 0 radical (unpaired) electrons. The number of fused-ring (bicyclic) bond motifs is 1. The third-order valence-electron chi connectivity index (χ3n) is 3.72. The van der Waals surface area contributed by atoms with Gasteiger partial charge in [-0.05, 0) is 50.2 Å². The number of carbonyl (C=O) groups is 2. The number of anilines is 2. The SMILES string of the molecule is Cc1ccc2nc(C)cc(C(=O)Nc3cccc(NC(N)=O)c3)c2c1. The van der Waals surface area contributed by atoms with Crippen LogP contribution in [-0.4, -0.2) is 16.9 Å². The molecule has 0 aliphatic rings. The zero-order chi connectivity index (χ0) is 18.0. The van der Waals surface area contributed by atoms with E-state index in [1.807, 2.05) is 32.0 Å². The van der Waals surface area contributed by atoms with Gasteiger partial charge < -0.3 is 16.4 Å². The number of nitrogens with one attached hydrogen (secondary N) is 2. The van der Waals surface area contributed by atoms with Gasteiger partial charge in [0.1, 0.15) is 0 Å². The second kappa shape index (κ2) is 6.60. The summed E-state index contributed by atoms with van der Waals surface area (Å²) in [5.74, 6) is -0.239. The molecule has 6 heteroatoms. The fraction of sp³-hybridized carbons (Fsp3) is 0.105. The average molecular weight is 334 g/mol. The summed E-state index contributed by atoms with van der Waals surface area (Å²) in [4.78, 5) is 28.2. The van der Waals surface area contributed by atoms with Crippen LogP contribution in [0.3, 0.4) is 0 Å². The zero-order valence-corrected chi connectivity index (χ0v) is 14.0. The third kappa shape index (κ3) is 3.74. The number of urea groups is 1. The van der Waals surface area contributed by atoms with E-state index in [4.69, 9.17) is 5.73 Å². The first-order valence-electron chi connectivity index (χ1n) is 7.78. The van der Waals surface area contributed by atoms with E-state index >= 15 is 0 Å². The molecule has 0 saturated carbocycles. The second-order valence-corrected chi connectivity index (χ2v) is 5.86. The van der Waals surface area contributed by atoms with Crippen LogP contribution >= 0.6 is 0 Å². The molecule has 2 aromatic carbocycles. The molecule has 1 heterocycles. The number of rotatable bonds is 3. The van der Waals surface area contributed by atoms with E-state index in [1.165, 1.54) is 0 Å². The lowest BCUT2D eigenvalue weighted by Gasteiger charge is -2.11. The molecule has 0 spiro atoms. The van der Waals surface area contributed by atoms with Gasteiger partial charge in [-0.15, -0.1) is 0 Å². The molecule has 0 fully saturated rings. The van der Waals surface area contributed by atoms with Gasteiger partial charge in [-0.3, -0.25) is 9.78 Å². The number of pyridine rings is 1. The van der Waals surface area contributed by atoms with Crippen LogP contribution in [0, 0.1) is 13.8 Å². The number of benzene rings is 2. The zero-order valence-electron chi connectivity index (χ0n) is 14.0.